The molecule has 0 aliphatic carbocycles. The fourth-order valence-electron chi connectivity index (χ4n) is 3.51. The Morgan fingerprint density at radius 3 is 2.66 bits per heavy atom. The third-order valence-electron chi connectivity index (χ3n) is 4.97. The van der Waals surface area contributed by atoms with Crippen molar-refractivity contribution in [2.24, 2.45) is 5.73 Å². The molecule has 32 heavy (non-hydrogen) atoms. The number of allylic oxidation sites excluding steroid dienone is 2. The number of hydrogen-bond acceptors (Lipinski definition) is 7. The van der Waals surface area contributed by atoms with Crippen LogP contribution in [0.3, 0.4) is 0 Å². The molecule has 0 saturated heterocycles. The van der Waals surface area contributed by atoms with Gasteiger partial charge in [-0.05, 0) is 26.0 Å². The zero-order valence-corrected chi connectivity index (χ0v) is 18.0. The van der Waals surface area contributed by atoms with E-state index in [0.29, 0.717) is 16.9 Å². The van der Waals surface area contributed by atoms with E-state index >= 15 is 0 Å². The average Bonchev–Trinajstić information content (AvgIpc) is 2.78. The number of benzene rings is 2. The van der Waals surface area contributed by atoms with E-state index in [9.17, 15) is 14.4 Å². The molecule has 1 atom stereocenters. The lowest BCUT2D eigenvalue weighted by atomic mass is 9.82. The third kappa shape index (κ3) is 4.37. The summed E-state index contributed by atoms with van der Waals surface area (Å²) in [7, 11) is 1.46. The molecule has 0 spiro atoms. The van der Waals surface area contributed by atoms with E-state index in [1.807, 2.05) is 6.07 Å². The van der Waals surface area contributed by atoms with Crippen molar-refractivity contribution in [2.45, 2.75) is 26.4 Å². The van der Waals surface area contributed by atoms with Crippen LogP contribution in [0.4, 0.5) is 4.39 Å². The van der Waals surface area contributed by atoms with Gasteiger partial charge >= 0.3 is 5.97 Å². The molecule has 2 aromatic carbocycles. The second-order valence-corrected chi connectivity index (χ2v) is 6.87. The van der Waals surface area contributed by atoms with E-state index in [0.717, 1.165) is 0 Å². The molecule has 0 amide bonds. The van der Waals surface area contributed by atoms with Crippen molar-refractivity contribution in [1.29, 1.82) is 5.26 Å². The van der Waals surface area contributed by atoms with Crippen LogP contribution >= 0.6 is 0 Å². The molecule has 3 rings (SSSR count). The van der Waals surface area contributed by atoms with Gasteiger partial charge in [-0.15, -0.1) is 0 Å². The summed E-state index contributed by atoms with van der Waals surface area (Å²) in [5, 5.41) is 9.81. The van der Waals surface area contributed by atoms with Gasteiger partial charge in [0.2, 0.25) is 5.88 Å². The molecule has 0 fully saturated rings. The van der Waals surface area contributed by atoms with Gasteiger partial charge in [-0.1, -0.05) is 30.3 Å². The van der Waals surface area contributed by atoms with E-state index < -0.39 is 17.7 Å². The number of rotatable bonds is 7. The van der Waals surface area contributed by atoms with Gasteiger partial charge in [0.1, 0.15) is 29.8 Å². The Morgan fingerprint density at radius 2 is 2.00 bits per heavy atom. The lowest BCUT2D eigenvalue weighted by molar-refractivity contribution is -0.139. The average molecular weight is 438 g/mol. The maximum absolute atomic E-state index is 14.1. The zero-order chi connectivity index (χ0) is 23.3. The Labute approximate surface area is 185 Å². The predicted molar refractivity (Wildman–Crippen MR) is 114 cm³/mol. The minimum Gasteiger partial charge on any atom is -0.493 e. The first-order valence-corrected chi connectivity index (χ1v) is 9.91. The van der Waals surface area contributed by atoms with Gasteiger partial charge in [0.15, 0.2) is 11.5 Å². The SMILES string of the molecule is CCOC(=O)C1=C(C)OC(N)=C(C#N)C1c1cccc(OC)c1OCc1ccccc1F. The summed E-state index contributed by atoms with van der Waals surface area (Å²) >= 11 is 0. The Hall–Kier alpha value is -3.99. The Kier molecular flexibility index (Phi) is 7.00. The highest BCUT2D eigenvalue weighted by atomic mass is 19.1. The fourth-order valence-corrected chi connectivity index (χ4v) is 3.51. The van der Waals surface area contributed by atoms with Crippen LogP contribution in [0.25, 0.3) is 0 Å². The van der Waals surface area contributed by atoms with Crippen LogP contribution in [0.5, 0.6) is 11.5 Å². The van der Waals surface area contributed by atoms with Gasteiger partial charge in [0.25, 0.3) is 0 Å². The lowest BCUT2D eigenvalue weighted by Gasteiger charge is -2.28. The van der Waals surface area contributed by atoms with Crippen LogP contribution in [0.2, 0.25) is 0 Å². The minimum absolute atomic E-state index is 0.0302. The van der Waals surface area contributed by atoms with Crippen LogP contribution < -0.4 is 15.2 Å². The van der Waals surface area contributed by atoms with Gasteiger partial charge < -0.3 is 24.7 Å². The molecule has 2 aromatic rings. The summed E-state index contributed by atoms with van der Waals surface area (Å²) in [6, 6.07) is 13.3. The smallest absolute Gasteiger partial charge is 0.338 e. The fraction of sp³-hybridized carbons (Fsp3) is 0.250. The van der Waals surface area contributed by atoms with E-state index in [1.165, 1.54) is 13.2 Å². The van der Waals surface area contributed by atoms with Crippen molar-refractivity contribution in [3.63, 3.8) is 0 Å². The number of nitriles is 1. The van der Waals surface area contributed by atoms with Crippen LogP contribution in [-0.2, 0) is 20.9 Å². The summed E-state index contributed by atoms with van der Waals surface area (Å²) in [5.74, 6) is -1.28. The maximum Gasteiger partial charge on any atom is 0.338 e. The summed E-state index contributed by atoms with van der Waals surface area (Å²) in [6.45, 7) is 3.29. The van der Waals surface area contributed by atoms with Gasteiger partial charge in [-0.3, -0.25) is 0 Å². The molecule has 0 radical (unpaired) electrons. The summed E-state index contributed by atoms with van der Waals surface area (Å²) in [6.07, 6.45) is 0. The second kappa shape index (κ2) is 9.88. The predicted octanol–water partition coefficient (Wildman–Crippen LogP) is 4.06. The number of methoxy groups -OCH3 is 1. The van der Waals surface area contributed by atoms with Crippen molar-refractivity contribution in [3.8, 4) is 17.6 Å². The summed E-state index contributed by atoms with van der Waals surface area (Å²) < 4.78 is 36.2. The number of carbonyl (C=O) groups is 1. The van der Waals surface area contributed by atoms with Crippen LogP contribution in [0, 0.1) is 17.1 Å². The van der Waals surface area contributed by atoms with Crippen LogP contribution in [0.1, 0.15) is 30.9 Å². The number of halogens is 1. The first kappa shape index (κ1) is 22.7. The molecule has 166 valence electrons. The second-order valence-electron chi connectivity index (χ2n) is 6.87. The molecule has 0 aromatic heterocycles. The summed E-state index contributed by atoms with van der Waals surface area (Å²) in [4.78, 5) is 12.8. The van der Waals surface area contributed by atoms with E-state index in [2.05, 4.69) is 0 Å². The number of carbonyl (C=O) groups excluding carboxylic acids is 1. The first-order chi connectivity index (χ1) is 15.4. The quantitative estimate of drug-likeness (QED) is 0.650. The van der Waals surface area contributed by atoms with Crippen LogP contribution in [-0.4, -0.2) is 19.7 Å². The number of nitrogens with zero attached hydrogens (tertiary/aromatic N) is 1. The zero-order valence-electron chi connectivity index (χ0n) is 18.0. The van der Waals surface area contributed by atoms with E-state index in [-0.39, 0.29) is 41.8 Å². The number of ether oxygens (including phenoxy) is 4. The van der Waals surface area contributed by atoms with Crippen molar-refractivity contribution in [2.75, 3.05) is 13.7 Å². The molecular formula is C24H23FN2O5. The largest absolute Gasteiger partial charge is 0.493 e. The number of esters is 1. The highest BCUT2D eigenvalue weighted by Gasteiger charge is 2.38. The van der Waals surface area contributed by atoms with E-state index in [1.54, 1.807) is 50.2 Å². The topological polar surface area (TPSA) is 104 Å². The lowest BCUT2D eigenvalue weighted by Crippen LogP contribution is -2.26. The molecular weight excluding hydrogens is 415 g/mol. The molecule has 0 bridgehead atoms. The highest BCUT2D eigenvalue weighted by Crippen LogP contribution is 2.46. The maximum atomic E-state index is 14.1. The van der Waals surface area contributed by atoms with E-state index in [4.69, 9.17) is 24.7 Å². The van der Waals surface area contributed by atoms with Gasteiger partial charge in [0.05, 0.1) is 25.2 Å². The Bertz CT molecular complexity index is 1130. The van der Waals surface area contributed by atoms with Crippen LogP contribution in [0.15, 0.2) is 65.3 Å². The van der Waals surface area contributed by atoms with Gasteiger partial charge in [-0.2, -0.15) is 5.26 Å². The summed E-state index contributed by atoms with van der Waals surface area (Å²) in [5.41, 5.74) is 6.91. The number of hydrogen-bond donors (Lipinski definition) is 1. The first-order valence-electron chi connectivity index (χ1n) is 9.91. The normalized spacial score (nSPS) is 15.7. The minimum atomic E-state index is -0.918. The molecule has 1 unspecified atom stereocenters. The Balaban J connectivity index is 2.15. The molecule has 1 heterocycles. The molecule has 1 aliphatic rings. The number of para-hydroxylation sites is 1. The standard InChI is InChI=1S/C24H23FN2O5/c1-4-30-24(28)20-14(2)32-23(27)17(12-26)21(20)16-9-7-11-19(29-3)22(16)31-13-15-8-5-6-10-18(15)25/h5-11,21H,4,13,27H2,1-3H3. The Morgan fingerprint density at radius 1 is 1.25 bits per heavy atom. The monoisotopic (exact) mass is 438 g/mol. The highest BCUT2D eigenvalue weighted by molar-refractivity contribution is 5.93. The van der Waals surface area contributed by atoms with Gasteiger partial charge in [-0.25, -0.2) is 9.18 Å². The van der Waals surface area contributed by atoms with Gasteiger partial charge in [0, 0.05) is 11.1 Å². The van der Waals surface area contributed by atoms with Crippen molar-refractivity contribution in [3.05, 3.63) is 82.2 Å². The molecule has 7 nitrogen and oxygen atoms in total. The van der Waals surface area contributed by atoms with Crippen molar-refractivity contribution < 1.29 is 28.1 Å². The molecule has 1 aliphatic heterocycles. The molecule has 0 saturated carbocycles. The van der Waals surface area contributed by atoms with Crippen molar-refractivity contribution >= 4 is 5.97 Å². The molecule has 2 N–H and O–H groups in total. The third-order valence-corrected chi connectivity index (χ3v) is 4.97. The number of nitrogens with two attached hydrogens (primary N) is 1. The molecule has 8 heteroatoms. The van der Waals surface area contributed by atoms with Crippen molar-refractivity contribution in [1.82, 2.24) is 0 Å².